The smallest absolute Gasteiger partial charge is 0.191 e. The summed E-state index contributed by atoms with van der Waals surface area (Å²) >= 11 is 1.97. The van der Waals surface area contributed by atoms with Crippen LogP contribution < -0.4 is 10.6 Å². The lowest BCUT2D eigenvalue weighted by Crippen LogP contribution is -2.42. The highest BCUT2D eigenvalue weighted by atomic mass is 32.2. The Kier molecular flexibility index (Phi) is 6.77. The van der Waals surface area contributed by atoms with Gasteiger partial charge in [0.05, 0.1) is 12.2 Å². The largest absolute Gasteiger partial charge is 0.357 e. The van der Waals surface area contributed by atoms with Crippen LogP contribution in [0, 0.1) is 13.8 Å². The molecular weight excluding hydrogens is 356 g/mol. The minimum absolute atomic E-state index is 0.520. The molecule has 2 N–H and O–H groups in total. The summed E-state index contributed by atoms with van der Waals surface area (Å²) in [5, 5.41) is 12.2. The van der Waals surface area contributed by atoms with Gasteiger partial charge in [0.15, 0.2) is 11.8 Å². The van der Waals surface area contributed by atoms with Gasteiger partial charge in [0, 0.05) is 29.7 Å². The maximum absolute atomic E-state index is 4.75. The van der Waals surface area contributed by atoms with Crippen molar-refractivity contribution in [2.45, 2.75) is 57.9 Å². The number of pyridine rings is 1. The van der Waals surface area contributed by atoms with Crippen LogP contribution in [-0.4, -0.2) is 44.8 Å². The Labute approximate surface area is 166 Å². The number of aromatic nitrogens is 3. The van der Waals surface area contributed by atoms with E-state index in [4.69, 9.17) is 4.99 Å². The Balaban J connectivity index is 1.63. The molecule has 1 aliphatic carbocycles. The molecule has 3 rings (SSSR count). The molecule has 0 spiro atoms. The van der Waals surface area contributed by atoms with Crippen molar-refractivity contribution in [2.24, 2.45) is 4.99 Å². The first-order valence-electron chi connectivity index (χ1n) is 9.65. The van der Waals surface area contributed by atoms with Gasteiger partial charge in [-0.1, -0.05) is 6.07 Å². The van der Waals surface area contributed by atoms with Crippen molar-refractivity contribution in [3.63, 3.8) is 0 Å². The van der Waals surface area contributed by atoms with E-state index in [2.05, 4.69) is 46.0 Å². The van der Waals surface area contributed by atoms with Gasteiger partial charge in [0.2, 0.25) is 0 Å². The average Bonchev–Trinajstić information content (AvgIpc) is 3.26. The van der Waals surface area contributed by atoms with Crippen molar-refractivity contribution in [1.82, 2.24) is 25.4 Å². The van der Waals surface area contributed by atoms with E-state index >= 15 is 0 Å². The van der Waals surface area contributed by atoms with Gasteiger partial charge in [-0.3, -0.25) is 0 Å². The summed E-state index contributed by atoms with van der Waals surface area (Å²) in [5.41, 5.74) is 3.18. The number of guanidine groups is 1. The molecule has 0 aromatic carbocycles. The topological polar surface area (TPSA) is 67.1 Å². The molecule has 1 fully saturated rings. The summed E-state index contributed by atoms with van der Waals surface area (Å²) in [6, 6.07) is 6.65. The highest BCUT2D eigenvalue weighted by Gasteiger charge is 2.24. The summed E-state index contributed by atoms with van der Waals surface area (Å²) in [6.07, 6.45) is 7.81. The summed E-state index contributed by atoms with van der Waals surface area (Å²) in [6.45, 7) is 7.60. The summed E-state index contributed by atoms with van der Waals surface area (Å²) in [4.78, 5) is 9.31. The van der Waals surface area contributed by atoms with Crippen LogP contribution in [-0.2, 0) is 6.54 Å². The Morgan fingerprint density at radius 3 is 2.78 bits per heavy atom. The number of hydrogen-bond donors (Lipinski definition) is 2. The Bertz CT molecular complexity index is 767. The van der Waals surface area contributed by atoms with Gasteiger partial charge >= 0.3 is 0 Å². The number of nitrogens with zero attached hydrogens (tertiary/aromatic N) is 4. The highest BCUT2D eigenvalue weighted by Crippen LogP contribution is 2.28. The van der Waals surface area contributed by atoms with Crippen LogP contribution in [0.25, 0.3) is 5.82 Å². The van der Waals surface area contributed by atoms with Crippen LogP contribution in [0.5, 0.6) is 0 Å². The molecule has 0 radical (unpaired) electrons. The first kappa shape index (κ1) is 19.7. The maximum Gasteiger partial charge on any atom is 0.191 e. The predicted octanol–water partition coefficient (Wildman–Crippen LogP) is 3.22. The first-order valence-corrected chi connectivity index (χ1v) is 10.9. The number of hydrogen-bond acceptors (Lipinski definition) is 4. The van der Waals surface area contributed by atoms with E-state index in [1.807, 2.05) is 42.6 Å². The molecule has 2 heterocycles. The van der Waals surface area contributed by atoms with Gasteiger partial charge in [-0.25, -0.2) is 14.7 Å². The Hall–Kier alpha value is -2.02. The molecule has 146 valence electrons. The molecule has 27 heavy (non-hydrogen) atoms. The number of aliphatic imine (C=N–C) groups is 1. The third-order valence-electron chi connectivity index (χ3n) is 4.86. The van der Waals surface area contributed by atoms with Gasteiger partial charge in [-0.2, -0.15) is 16.9 Å². The monoisotopic (exact) mass is 386 g/mol. The molecule has 0 saturated heterocycles. The van der Waals surface area contributed by atoms with Crippen LogP contribution in [0.1, 0.15) is 43.1 Å². The van der Waals surface area contributed by atoms with Crippen LogP contribution >= 0.6 is 11.8 Å². The second kappa shape index (κ2) is 9.26. The fraction of sp³-hybridized carbons (Fsp3) is 0.550. The Morgan fingerprint density at radius 2 is 2.19 bits per heavy atom. The number of nitrogens with one attached hydrogen (secondary N) is 2. The summed E-state index contributed by atoms with van der Waals surface area (Å²) in [7, 11) is 0. The summed E-state index contributed by atoms with van der Waals surface area (Å²) < 4.78 is 1.87. The van der Waals surface area contributed by atoms with Gasteiger partial charge < -0.3 is 10.6 Å². The zero-order valence-electron chi connectivity index (χ0n) is 16.7. The predicted molar refractivity (Wildman–Crippen MR) is 114 cm³/mol. The fourth-order valence-corrected chi connectivity index (χ4v) is 4.26. The van der Waals surface area contributed by atoms with Crippen LogP contribution in [0.15, 0.2) is 29.4 Å². The number of rotatable bonds is 6. The average molecular weight is 387 g/mol. The summed E-state index contributed by atoms with van der Waals surface area (Å²) in [5.74, 6) is 1.74. The van der Waals surface area contributed by atoms with Crippen molar-refractivity contribution < 1.29 is 0 Å². The normalized spacial score (nSPS) is 20.1. The lowest BCUT2D eigenvalue weighted by molar-refractivity contribution is 0.615. The third kappa shape index (κ3) is 5.25. The maximum atomic E-state index is 4.75. The molecule has 2 unspecified atom stereocenters. The first-order chi connectivity index (χ1) is 13.1. The van der Waals surface area contributed by atoms with Crippen molar-refractivity contribution >= 4 is 17.7 Å². The van der Waals surface area contributed by atoms with E-state index in [1.54, 1.807) is 0 Å². The number of thioether (sulfide) groups is 1. The lowest BCUT2D eigenvalue weighted by Gasteiger charge is -2.17. The zero-order valence-corrected chi connectivity index (χ0v) is 17.5. The molecule has 2 aromatic heterocycles. The SMILES string of the molecule is CCNC(=NCc1ccc(-n2nc(C)cc2C)nc1)NC1CCC(SC)C1. The Morgan fingerprint density at radius 1 is 1.33 bits per heavy atom. The third-order valence-corrected chi connectivity index (χ3v) is 5.95. The van der Waals surface area contributed by atoms with Crippen LogP contribution in [0.2, 0.25) is 0 Å². The van der Waals surface area contributed by atoms with Crippen LogP contribution in [0.4, 0.5) is 0 Å². The second-order valence-corrected chi connectivity index (χ2v) is 8.21. The van der Waals surface area contributed by atoms with Crippen molar-refractivity contribution in [2.75, 3.05) is 12.8 Å². The molecule has 6 nitrogen and oxygen atoms in total. The molecule has 0 aliphatic heterocycles. The number of aryl methyl sites for hydroxylation is 2. The van der Waals surface area contributed by atoms with Crippen molar-refractivity contribution in [3.8, 4) is 5.82 Å². The second-order valence-electron chi connectivity index (χ2n) is 7.07. The molecule has 1 saturated carbocycles. The van der Waals surface area contributed by atoms with E-state index in [9.17, 15) is 0 Å². The lowest BCUT2D eigenvalue weighted by atomic mass is 10.2. The van der Waals surface area contributed by atoms with E-state index < -0.39 is 0 Å². The van der Waals surface area contributed by atoms with E-state index in [1.165, 1.54) is 19.3 Å². The van der Waals surface area contributed by atoms with Crippen molar-refractivity contribution in [3.05, 3.63) is 41.3 Å². The molecule has 7 heteroatoms. The van der Waals surface area contributed by atoms with Gasteiger partial charge in [0.25, 0.3) is 0 Å². The molecular formula is C20H30N6S. The van der Waals surface area contributed by atoms with E-state index in [0.717, 1.165) is 40.5 Å². The molecule has 1 aliphatic rings. The van der Waals surface area contributed by atoms with Crippen LogP contribution in [0.3, 0.4) is 0 Å². The standard InChI is InChI=1S/C20H30N6S/c1-5-21-20(24-17-7-8-18(11-17)27-4)23-13-16-6-9-19(22-12-16)26-15(3)10-14(2)25-26/h6,9-10,12,17-18H,5,7-8,11,13H2,1-4H3,(H2,21,23,24). The highest BCUT2D eigenvalue weighted by molar-refractivity contribution is 7.99. The molecule has 2 aromatic rings. The van der Waals surface area contributed by atoms with Crippen molar-refractivity contribution in [1.29, 1.82) is 0 Å². The minimum Gasteiger partial charge on any atom is -0.357 e. The fourth-order valence-electron chi connectivity index (χ4n) is 3.47. The van der Waals surface area contributed by atoms with Gasteiger partial charge in [-0.15, -0.1) is 0 Å². The molecule has 0 amide bonds. The van der Waals surface area contributed by atoms with Gasteiger partial charge in [-0.05, 0) is 64.0 Å². The quantitative estimate of drug-likeness (QED) is 0.589. The minimum atomic E-state index is 0.520. The van der Waals surface area contributed by atoms with E-state index in [0.29, 0.717) is 12.6 Å². The molecule has 2 atom stereocenters. The van der Waals surface area contributed by atoms with Gasteiger partial charge in [0.1, 0.15) is 0 Å². The zero-order chi connectivity index (χ0) is 19.2. The van der Waals surface area contributed by atoms with E-state index in [-0.39, 0.29) is 0 Å². The molecule has 0 bridgehead atoms.